The SMILES string of the molecule is NC(=O)NC(=O)COC(=O)CCc1nc2ccccc2s1. The molecule has 0 fully saturated rings. The van der Waals surface area contributed by atoms with E-state index in [1.807, 2.05) is 24.3 Å². The second-order valence-corrected chi connectivity index (χ2v) is 5.26. The van der Waals surface area contributed by atoms with Crippen molar-refractivity contribution < 1.29 is 19.1 Å². The van der Waals surface area contributed by atoms with Gasteiger partial charge in [0, 0.05) is 6.42 Å². The molecule has 0 unspecified atom stereocenters. The van der Waals surface area contributed by atoms with Crippen molar-refractivity contribution >= 4 is 39.5 Å². The summed E-state index contributed by atoms with van der Waals surface area (Å²) in [5, 5.41) is 2.63. The first-order valence-corrected chi connectivity index (χ1v) is 6.95. The molecule has 3 amide bonds. The number of nitrogens with one attached hydrogen (secondary N) is 1. The van der Waals surface area contributed by atoms with Crippen LogP contribution < -0.4 is 11.1 Å². The molecule has 0 radical (unpaired) electrons. The van der Waals surface area contributed by atoms with E-state index in [9.17, 15) is 14.4 Å². The number of thiazole rings is 1. The van der Waals surface area contributed by atoms with E-state index in [4.69, 9.17) is 10.5 Å². The maximum atomic E-state index is 11.5. The minimum Gasteiger partial charge on any atom is -0.456 e. The molecule has 0 saturated heterocycles. The molecule has 1 heterocycles. The van der Waals surface area contributed by atoms with Gasteiger partial charge in [0.2, 0.25) is 0 Å². The molecule has 2 rings (SSSR count). The van der Waals surface area contributed by atoms with Crippen molar-refractivity contribution in [2.75, 3.05) is 6.61 Å². The lowest BCUT2D eigenvalue weighted by Gasteiger charge is -2.03. The fourth-order valence-electron chi connectivity index (χ4n) is 1.63. The number of para-hydroxylation sites is 1. The molecule has 8 heteroatoms. The molecule has 7 nitrogen and oxygen atoms in total. The number of hydrogen-bond acceptors (Lipinski definition) is 6. The summed E-state index contributed by atoms with van der Waals surface area (Å²) in [6.07, 6.45) is 0.555. The van der Waals surface area contributed by atoms with Gasteiger partial charge in [-0.05, 0) is 12.1 Å². The van der Waals surface area contributed by atoms with Gasteiger partial charge in [-0.15, -0.1) is 11.3 Å². The van der Waals surface area contributed by atoms with Gasteiger partial charge < -0.3 is 10.5 Å². The van der Waals surface area contributed by atoms with Crippen molar-refractivity contribution in [1.29, 1.82) is 0 Å². The lowest BCUT2D eigenvalue weighted by atomic mass is 10.3. The fraction of sp³-hybridized carbons (Fsp3) is 0.231. The largest absolute Gasteiger partial charge is 0.456 e. The number of hydrogen-bond donors (Lipinski definition) is 2. The monoisotopic (exact) mass is 307 g/mol. The number of primary amides is 1. The highest BCUT2D eigenvalue weighted by Crippen LogP contribution is 2.22. The number of fused-ring (bicyclic) bond motifs is 1. The normalized spacial score (nSPS) is 10.3. The van der Waals surface area contributed by atoms with E-state index in [0.717, 1.165) is 15.2 Å². The number of carbonyl (C=O) groups excluding carboxylic acids is 3. The summed E-state index contributed by atoms with van der Waals surface area (Å²) in [4.78, 5) is 37.3. The van der Waals surface area contributed by atoms with Crippen LogP contribution in [0.2, 0.25) is 0 Å². The average molecular weight is 307 g/mol. The lowest BCUT2D eigenvalue weighted by Crippen LogP contribution is -2.37. The van der Waals surface area contributed by atoms with Gasteiger partial charge in [-0.25, -0.2) is 9.78 Å². The molecular formula is C13H13N3O4S. The Labute approximate surface area is 124 Å². The summed E-state index contributed by atoms with van der Waals surface area (Å²) in [7, 11) is 0. The number of benzene rings is 1. The number of rotatable bonds is 5. The second kappa shape index (κ2) is 6.80. The summed E-state index contributed by atoms with van der Waals surface area (Å²) in [6, 6.07) is 6.71. The van der Waals surface area contributed by atoms with Crippen LogP contribution in [0.4, 0.5) is 4.79 Å². The van der Waals surface area contributed by atoms with Gasteiger partial charge in [0.15, 0.2) is 6.61 Å². The van der Waals surface area contributed by atoms with Gasteiger partial charge in [0.05, 0.1) is 21.6 Å². The highest BCUT2D eigenvalue weighted by atomic mass is 32.1. The molecule has 0 aliphatic carbocycles. The summed E-state index contributed by atoms with van der Waals surface area (Å²) in [6.45, 7) is -0.526. The summed E-state index contributed by atoms with van der Waals surface area (Å²) < 4.78 is 5.78. The number of imide groups is 1. The van der Waals surface area contributed by atoms with Crippen molar-refractivity contribution in [2.45, 2.75) is 12.8 Å². The number of urea groups is 1. The van der Waals surface area contributed by atoms with Crippen LogP contribution in [-0.4, -0.2) is 29.5 Å². The number of ether oxygens (including phenoxy) is 1. The first-order chi connectivity index (χ1) is 10.0. The highest BCUT2D eigenvalue weighted by molar-refractivity contribution is 7.18. The molecule has 1 aromatic carbocycles. The van der Waals surface area contributed by atoms with E-state index < -0.39 is 24.5 Å². The molecule has 0 bridgehead atoms. The Morgan fingerprint density at radius 3 is 2.76 bits per heavy atom. The Morgan fingerprint density at radius 1 is 1.29 bits per heavy atom. The Hall–Kier alpha value is -2.48. The van der Waals surface area contributed by atoms with Crippen molar-refractivity contribution in [3.05, 3.63) is 29.3 Å². The molecule has 3 N–H and O–H groups in total. The number of esters is 1. The zero-order valence-electron chi connectivity index (χ0n) is 11.0. The minimum absolute atomic E-state index is 0.115. The van der Waals surface area contributed by atoms with Crippen molar-refractivity contribution in [2.24, 2.45) is 5.73 Å². The first kappa shape index (κ1) is 14.9. The quantitative estimate of drug-likeness (QED) is 0.799. The van der Waals surface area contributed by atoms with Crippen LogP contribution >= 0.6 is 11.3 Å². The molecule has 21 heavy (non-hydrogen) atoms. The predicted molar refractivity (Wildman–Crippen MR) is 76.6 cm³/mol. The fourth-order valence-corrected chi connectivity index (χ4v) is 2.59. The maximum Gasteiger partial charge on any atom is 0.318 e. The summed E-state index contributed by atoms with van der Waals surface area (Å²) >= 11 is 1.51. The highest BCUT2D eigenvalue weighted by Gasteiger charge is 2.11. The Bertz CT molecular complexity index is 650. The number of aryl methyl sites for hydroxylation is 1. The number of aromatic nitrogens is 1. The minimum atomic E-state index is -0.981. The lowest BCUT2D eigenvalue weighted by molar-refractivity contribution is -0.148. The third-order valence-corrected chi connectivity index (χ3v) is 3.60. The van der Waals surface area contributed by atoms with E-state index in [1.54, 1.807) is 5.32 Å². The zero-order valence-corrected chi connectivity index (χ0v) is 11.8. The molecule has 0 spiro atoms. The van der Waals surface area contributed by atoms with Gasteiger partial charge in [-0.1, -0.05) is 12.1 Å². The number of nitrogens with two attached hydrogens (primary N) is 1. The van der Waals surface area contributed by atoms with Crippen LogP contribution in [0.3, 0.4) is 0 Å². The number of nitrogens with zero attached hydrogens (tertiary/aromatic N) is 1. The van der Waals surface area contributed by atoms with Crippen molar-refractivity contribution in [3.63, 3.8) is 0 Å². The van der Waals surface area contributed by atoms with Gasteiger partial charge in [0.25, 0.3) is 5.91 Å². The molecular weight excluding hydrogens is 294 g/mol. The van der Waals surface area contributed by atoms with Gasteiger partial charge in [-0.2, -0.15) is 0 Å². The summed E-state index contributed by atoms with van der Waals surface area (Å²) in [5.74, 6) is -1.29. The van der Waals surface area contributed by atoms with Crippen LogP contribution in [0.1, 0.15) is 11.4 Å². The van der Waals surface area contributed by atoms with Gasteiger partial charge in [0.1, 0.15) is 0 Å². The molecule has 0 atom stereocenters. The molecule has 0 saturated carbocycles. The van der Waals surface area contributed by atoms with Crippen LogP contribution in [0, 0.1) is 0 Å². The topological polar surface area (TPSA) is 111 Å². The average Bonchev–Trinajstić information content (AvgIpc) is 2.85. The van der Waals surface area contributed by atoms with E-state index >= 15 is 0 Å². The standard InChI is InChI=1S/C13H13N3O4S/c14-13(19)16-10(17)7-20-12(18)6-5-11-15-8-3-1-2-4-9(8)21-11/h1-4H,5-7H2,(H3,14,16,17,19). The van der Waals surface area contributed by atoms with Crippen LogP contribution in [0.15, 0.2) is 24.3 Å². The smallest absolute Gasteiger partial charge is 0.318 e. The first-order valence-electron chi connectivity index (χ1n) is 6.14. The van der Waals surface area contributed by atoms with Crippen LogP contribution in [-0.2, 0) is 20.7 Å². The van der Waals surface area contributed by atoms with Crippen LogP contribution in [0.25, 0.3) is 10.2 Å². The Kier molecular flexibility index (Phi) is 4.83. The molecule has 0 aliphatic rings. The van der Waals surface area contributed by atoms with E-state index in [1.165, 1.54) is 11.3 Å². The van der Waals surface area contributed by atoms with E-state index in [0.29, 0.717) is 6.42 Å². The molecule has 1 aromatic heterocycles. The van der Waals surface area contributed by atoms with Crippen LogP contribution in [0.5, 0.6) is 0 Å². The zero-order chi connectivity index (χ0) is 15.2. The van der Waals surface area contributed by atoms with Crippen molar-refractivity contribution in [1.82, 2.24) is 10.3 Å². The van der Waals surface area contributed by atoms with Gasteiger partial charge >= 0.3 is 12.0 Å². The van der Waals surface area contributed by atoms with Crippen molar-refractivity contribution in [3.8, 4) is 0 Å². The molecule has 2 aromatic rings. The molecule has 110 valence electrons. The predicted octanol–water partition coefficient (Wildman–Crippen LogP) is 0.967. The third-order valence-electron chi connectivity index (χ3n) is 2.51. The number of carbonyl (C=O) groups is 3. The van der Waals surface area contributed by atoms with Gasteiger partial charge in [-0.3, -0.25) is 14.9 Å². The van der Waals surface area contributed by atoms with E-state index in [2.05, 4.69) is 4.98 Å². The Morgan fingerprint density at radius 2 is 2.05 bits per heavy atom. The molecule has 0 aliphatic heterocycles. The van der Waals surface area contributed by atoms with E-state index in [-0.39, 0.29) is 6.42 Å². The maximum absolute atomic E-state index is 11.5. The summed E-state index contributed by atoms with van der Waals surface area (Å²) in [5.41, 5.74) is 5.65. The third kappa shape index (κ3) is 4.53. The number of amides is 3. The Balaban J connectivity index is 1.78. The second-order valence-electron chi connectivity index (χ2n) is 4.15.